The number of aromatic nitrogens is 2. The minimum Gasteiger partial charge on any atom is -0.477 e. The topological polar surface area (TPSA) is 130 Å². The van der Waals surface area contributed by atoms with Gasteiger partial charge in [-0.15, -0.1) is 0 Å². The fourth-order valence-corrected chi connectivity index (χ4v) is 4.14. The Morgan fingerprint density at radius 1 is 1.46 bits per heavy atom. The number of carbonyl (C=O) groups is 2. The number of sulfone groups is 1. The van der Waals surface area contributed by atoms with Gasteiger partial charge in [-0.05, 0) is 26.3 Å². The predicted molar refractivity (Wildman–Crippen MR) is 91.7 cm³/mol. The first-order valence-corrected chi connectivity index (χ1v) is 10.3. The lowest BCUT2D eigenvalue weighted by atomic mass is 9.83. The first kappa shape index (κ1) is 18.6. The summed E-state index contributed by atoms with van der Waals surface area (Å²) in [6, 6.07) is 1.30. The fraction of sp³-hybridized carbons (Fsp3) is 0.562. The number of aliphatic hydroxyl groups is 1. The third-order valence-electron chi connectivity index (χ3n) is 4.90. The normalized spacial score (nSPS) is 23.8. The Labute approximate surface area is 150 Å². The second kappa shape index (κ2) is 6.20. The van der Waals surface area contributed by atoms with Gasteiger partial charge in [0.05, 0.1) is 36.1 Å². The van der Waals surface area contributed by atoms with E-state index in [2.05, 4.69) is 5.10 Å². The van der Waals surface area contributed by atoms with Crippen LogP contribution >= 0.6 is 0 Å². The Morgan fingerprint density at radius 3 is 2.65 bits per heavy atom. The van der Waals surface area contributed by atoms with Crippen LogP contribution in [0.3, 0.4) is 0 Å². The number of aryl methyl sites for hydroxylation is 2. The number of hydrogen-bond acceptors (Lipinski definition) is 6. The SMILES string of the molecule is Cc1cc(C2=C(C(=O)O)N3C(=O)[C@H]([C@@H](C)O)[C@H]3C2)nn1CCS(C)(=O)=O. The van der Waals surface area contributed by atoms with Crippen LogP contribution in [-0.4, -0.2) is 69.3 Å². The maximum atomic E-state index is 12.2. The number of amides is 1. The average molecular weight is 383 g/mol. The number of hydrogen-bond donors (Lipinski definition) is 2. The molecule has 10 heteroatoms. The van der Waals surface area contributed by atoms with Crippen LogP contribution in [0, 0.1) is 12.8 Å². The molecule has 3 rings (SSSR count). The summed E-state index contributed by atoms with van der Waals surface area (Å²) in [5.41, 5.74) is 1.44. The smallest absolute Gasteiger partial charge is 0.352 e. The average Bonchev–Trinajstić information content (AvgIpc) is 3.02. The molecule has 1 fully saturated rings. The van der Waals surface area contributed by atoms with E-state index in [0.29, 0.717) is 23.4 Å². The van der Waals surface area contributed by atoms with Crippen molar-refractivity contribution < 1.29 is 28.2 Å². The van der Waals surface area contributed by atoms with Crippen LogP contribution in [0.1, 0.15) is 24.7 Å². The molecule has 142 valence electrons. The molecule has 3 atom stereocenters. The molecule has 2 aliphatic rings. The summed E-state index contributed by atoms with van der Waals surface area (Å²) in [5, 5.41) is 23.7. The molecule has 1 amide bonds. The van der Waals surface area contributed by atoms with Crippen molar-refractivity contribution in [3.8, 4) is 0 Å². The number of fused-ring (bicyclic) bond motifs is 1. The zero-order valence-corrected chi connectivity index (χ0v) is 15.5. The molecule has 1 aromatic heterocycles. The third-order valence-corrected chi connectivity index (χ3v) is 5.82. The van der Waals surface area contributed by atoms with E-state index in [-0.39, 0.29) is 24.0 Å². The molecule has 0 saturated carbocycles. The molecule has 0 unspecified atom stereocenters. The highest BCUT2D eigenvalue weighted by molar-refractivity contribution is 7.90. The van der Waals surface area contributed by atoms with Crippen LogP contribution in [0.4, 0.5) is 0 Å². The molecule has 1 aromatic rings. The Hall–Kier alpha value is -2.20. The van der Waals surface area contributed by atoms with E-state index < -0.39 is 33.7 Å². The van der Waals surface area contributed by atoms with E-state index in [1.807, 2.05) is 0 Å². The van der Waals surface area contributed by atoms with E-state index in [1.54, 1.807) is 13.0 Å². The molecule has 2 N–H and O–H groups in total. The Balaban J connectivity index is 1.94. The maximum Gasteiger partial charge on any atom is 0.352 e. The first-order chi connectivity index (χ1) is 12.0. The molecule has 0 aromatic carbocycles. The van der Waals surface area contributed by atoms with Gasteiger partial charge in [-0.2, -0.15) is 5.10 Å². The minimum atomic E-state index is -3.15. The van der Waals surface area contributed by atoms with Gasteiger partial charge >= 0.3 is 5.97 Å². The van der Waals surface area contributed by atoms with Gasteiger partial charge in [0.2, 0.25) is 5.91 Å². The van der Waals surface area contributed by atoms with E-state index in [1.165, 1.54) is 16.5 Å². The lowest BCUT2D eigenvalue weighted by Crippen LogP contribution is -2.61. The Morgan fingerprint density at radius 2 is 2.12 bits per heavy atom. The van der Waals surface area contributed by atoms with E-state index >= 15 is 0 Å². The molecule has 26 heavy (non-hydrogen) atoms. The molecule has 2 aliphatic heterocycles. The highest BCUT2D eigenvalue weighted by Gasteiger charge is 2.57. The monoisotopic (exact) mass is 383 g/mol. The van der Waals surface area contributed by atoms with Crippen molar-refractivity contribution in [2.24, 2.45) is 5.92 Å². The van der Waals surface area contributed by atoms with Gasteiger partial charge in [-0.25, -0.2) is 13.2 Å². The van der Waals surface area contributed by atoms with E-state index in [0.717, 1.165) is 6.26 Å². The van der Waals surface area contributed by atoms with Crippen molar-refractivity contribution in [2.75, 3.05) is 12.0 Å². The molecule has 1 saturated heterocycles. The van der Waals surface area contributed by atoms with Gasteiger partial charge in [0.25, 0.3) is 0 Å². The van der Waals surface area contributed by atoms with Crippen LogP contribution in [0.2, 0.25) is 0 Å². The number of rotatable bonds is 6. The lowest BCUT2D eigenvalue weighted by Gasteiger charge is -2.44. The van der Waals surface area contributed by atoms with Crippen LogP contribution in [0.15, 0.2) is 11.8 Å². The quantitative estimate of drug-likeness (QED) is 0.642. The molecule has 0 spiro atoms. The zero-order chi connectivity index (χ0) is 19.4. The Kier molecular flexibility index (Phi) is 4.43. The third kappa shape index (κ3) is 3.03. The van der Waals surface area contributed by atoms with Crippen molar-refractivity contribution in [1.29, 1.82) is 0 Å². The number of carbonyl (C=O) groups excluding carboxylic acids is 1. The van der Waals surface area contributed by atoms with Crippen LogP contribution < -0.4 is 0 Å². The molecular weight excluding hydrogens is 362 g/mol. The van der Waals surface area contributed by atoms with Crippen molar-refractivity contribution in [3.63, 3.8) is 0 Å². The van der Waals surface area contributed by atoms with Gasteiger partial charge in [-0.3, -0.25) is 9.48 Å². The number of carboxylic acids is 1. The molecule has 0 bridgehead atoms. The predicted octanol–water partition coefficient (Wildman–Crippen LogP) is -0.357. The van der Waals surface area contributed by atoms with Crippen LogP contribution in [-0.2, 0) is 26.0 Å². The van der Waals surface area contributed by atoms with Crippen LogP contribution in [0.25, 0.3) is 5.57 Å². The molecule has 0 aliphatic carbocycles. The second-order valence-corrected chi connectivity index (χ2v) is 9.16. The van der Waals surface area contributed by atoms with Gasteiger partial charge in [0.1, 0.15) is 15.5 Å². The van der Waals surface area contributed by atoms with Gasteiger partial charge < -0.3 is 15.1 Å². The number of aliphatic carboxylic acids is 1. The number of aliphatic hydroxyl groups excluding tert-OH is 1. The maximum absolute atomic E-state index is 12.2. The molecule has 3 heterocycles. The van der Waals surface area contributed by atoms with Crippen molar-refractivity contribution >= 4 is 27.3 Å². The van der Waals surface area contributed by atoms with Crippen LogP contribution in [0.5, 0.6) is 0 Å². The molecular formula is C16H21N3O6S. The lowest BCUT2D eigenvalue weighted by molar-refractivity contribution is -0.161. The number of nitrogens with zero attached hydrogens (tertiary/aromatic N) is 3. The summed E-state index contributed by atoms with van der Waals surface area (Å²) in [6.45, 7) is 3.44. The first-order valence-electron chi connectivity index (χ1n) is 8.21. The number of β-lactam (4-membered cyclic amide) rings is 1. The van der Waals surface area contributed by atoms with E-state index in [9.17, 15) is 28.2 Å². The Bertz CT molecular complexity index is 914. The summed E-state index contributed by atoms with van der Waals surface area (Å²) in [7, 11) is -3.15. The summed E-state index contributed by atoms with van der Waals surface area (Å²) >= 11 is 0. The fourth-order valence-electron chi connectivity index (χ4n) is 3.63. The minimum absolute atomic E-state index is 0.0723. The van der Waals surface area contributed by atoms with Crippen molar-refractivity contribution in [2.45, 2.75) is 39.0 Å². The second-order valence-electron chi connectivity index (χ2n) is 6.90. The largest absolute Gasteiger partial charge is 0.477 e. The number of carboxylic acid groups (broad SMARTS) is 1. The van der Waals surface area contributed by atoms with Crippen molar-refractivity contribution in [1.82, 2.24) is 14.7 Å². The summed E-state index contributed by atoms with van der Waals surface area (Å²) in [6.07, 6.45) is 0.583. The van der Waals surface area contributed by atoms with Crippen molar-refractivity contribution in [3.05, 3.63) is 23.2 Å². The van der Waals surface area contributed by atoms with Gasteiger partial charge in [0, 0.05) is 17.5 Å². The standard InChI is InChI=1S/C16H21N3O6S/c1-8-6-11(17-18(8)4-5-26(3,24)25)10-7-12-13(9(2)20)15(21)19(12)14(10)16(22)23/h6,9,12-13,20H,4-5,7H2,1-3H3,(H,22,23)/t9-,12-,13-/m1/s1. The summed E-state index contributed by atoms with van der Waals surface area (Å²) in [4.78, 5) is 25.2. The van der Waals surface area contributed by atoms with E-state index in [4.69, 9.17) is 0 Å². The summed E-state index contributed by atoms with van der Waals surface area (Å²) in [5.74, 6) is -2.30. The van der Waals surface area contributed by atoms with Gasteiger partial charge in [0.15, 0.2) is 0 Å². The molecule has 0 radical (unpaired) electrons. The zero-order valence-electron chi connectivity index (χ0n) is 14.7. The molecule has 9 nitrogen and oxygen atoms in total. The highest BCUT2D eigenvalue weighted by Crippen LogP contribution is 2.46. The van der Waals surface area contributed by atoms with Gasteiger partial charge in [-0.1, -0.05) is 0 Å². The summed E-state index contributed by atoms with van der Waals surface area (Å²) < 4.78 is 24.2. The highest BCUT2D eigenvalue weighted by atomic mass is 32.2.